The van der Waals surface area contributed by atoms with E-state index in [-0.39, 0.29) is 23.7 Å². The largest absolute Gasteiger partial charge is 0.389 e. The number of ketones is 1. The minimum absolute atomic E-state index is 0.00960. The van der Waals surface area contributed by atoms with Gasteiger partial charge in [-0.3, -0.25) is 4.79 Å². The van der Waals surface area contributed by atoms with Crippen molar-refractivity contribution < 1.29 is 19.4 Å². The molecule has 5 rings (SSSR count). The molecule has 3 aromatic carbocycles. The first-order valence-electron chi connectivity index (χ1n) is 15.4. The molecule has 0 saturated heterocycles. The van der Waals surface area contributed by atoms with E-state index in [0.717, 1.165) is 55.2 Å². The molecule has 0 aromatic heterocycles. The van der Waals surface area contributed by atoms with Crippen molar-refractivity contribution in [1.29, 1.82) is 0 Å². The van der Waals surface area contributed by atoms with Crippen molar-refractivity contribution in [2.45, 2.75) is 75.6 Å². The smallest absolute Gasteiger partial charge is 0.155 e. The van der Waals surface area contributed by atoms with E-state index in [9.17, 15) is 9.90 Å². The Bertz CT molecular complexity index is 1160. The van der Waals surface area contributed by atoms with Gasteiger partial charge in [0.25, 0.3) is 0 Å². The van der Waals surface area contributed by atoms with Gasteiger partial charge >= 0.3 is 0 Å². The molecule has 4 nitrogen and oxygen atoms in total. The maximum atomic E-state index is 12.3. The number of carbonyl (C=O) groups is 1. The van der Waals surface area contributed by atoms with Crippen LogP contribution in [0.4, 0.5) is 0 Å². The Morgan fingerprint density at radius 3 is 2.02 bits per heavy atom. The van der Waals surface area contributed by atoms with Gasteiger partial charge in [0.2, 0.25) is 0 Å². The van der Waals surface area contributed by atoms with Crippen molar-refractivity contribution in [3.63, 3.8) is 0 Å². The second-order valence-electron chi connectivity index (χ2n) is 11.7. The average molecular weight is 553 g/mol. The van der Waals surface area contributed by atoms with E-state index in [4.69, 9.17) is 9.47 Å². The predicted molar refractivity (Wildman–Crippen MR) is 164 cm³/mol. The van der Waals surface area contributed by atoms with Crippen LogP contribution < -0.4 is 0 Å². The fraction of sp³-hybridized carbons (Fsp3) is 0.432. The summed E-state index contributed by atoms with van der Waals surface area (Å²) in [6.45, 7) is 3.00. The number of unbranched alkanes of at least 4 members (excludes halogenated alkanes) is 2. The zero-order valence-electron chi connectivity index (χ0n) is 24.3. The summed E-state index contributed by atoms with van der Waals surface area (Å²) in [6.07, 6.45) is 10.8. The minimum Gasteiger partial charge on any atom is -0.389 e. The number of ether oxygens (including phenoxy) is 2. The van der Waals surface area contributed by atoms with Crippen LogP contribution in [0.5, 0.6) is 0 Å². The lowest BCUT2D eigenvalue weighted by atomic mass is 9.80. The van der Waals surface area contributed by atoms with Crippen LogP contribution in [0.3, 0.4) is 0 Å². The monoisotopic (exact) mass is 552 g/mol. The Morgan fingerprint density at radius 2 is 1.46 bits per heavy atom. The van der Waals surface area contributed by atoms with Crippen LogP contribution in [0.1, 0.15) is 75.0 Å². The fourth-order valence-electron chi connectivity index (χ4n) is 7.01. The molecule has 2 aliphatic rings. The lowest BCUT2D eigenvalue weighted by molar-refractivity contribution is -0.114. The molecule has 2 saturated carbocycles. The lowest BCUT2D eigenvalue weighted by Gasteiger charge is -2.36. The number of allylic oxidation sites excluding steroid dienone is 1. The molecule has 4 atom stereocenters. The van der Waals surface area contributed by atoms with E-state index >= 15 is 0 Å². The summed E-state index contributed by atoms with van der Waals surface area (Å²) in [5.41, 5.74) is 1.66. The van der Waals surface area contributed by atoms with Crippen molar-refractivity contribution >= 4 is 5.78 Å². The van der Waals surface area contributed by atoms with Gasteiger partial charge in [0, 0.05) is 18.8 Å². The zero-order valence-corrected chi connectivity index (χ0v) is 24.3. The normalized spacial score (nSPS) is 24.1. The molecule has 41 heavy (non-hydrogen) atoms. The lowest BCUT2D eigenvalue weighted by Crippen LogP contribution is -2.36. The third-order valence-corrected chi connectivity index (χ3v) is 9.11. The van der Waals surface area contributed by atoms with Crippen LogP contribution in [0, 0.1) is 11.8 Å². The first-order chi connectivity index (χ1) is 20.1. The van der Waals surface area contributed by atoms with Crippen molar-refractivity contribution in [1.82, 2.24) is 0 Å². The van der Waals surface area contributed by atoms with Gasteiger partial charge in [-0.05, 0) is 54.4 Å². The summed E-state index contributed by atoms with van der Waals surface area (Å²) in [6, 6.07) is 31.1. The Hall–Kier alpha value is -3.05. The maximum Gasteiger partial charge on any atom is 0.155 e. The highest BCUT2D eigenvalue weighted by Crippen LogP contribution is 2.52. The molecule has 0 spiro atoms. The predicted octanol–water partition coefficient (Wildman–Crippen LogP) is 7.64. The molecular formula is C37H44O4. The molecule has 0 amide bonds. The molecule has 0 heterocycles. The molecule has 0 aliphatic heterocycles. The SMILES string of the molecule is CCCCCC(=O)C=C[C@H]1CC[C@@H]2C[C@H](OCCOC(c3ccccc3)(c3ccccc3)c3ccccc3)C[C@]21O. The van der Waals surface area contributed by atoms with Gasteiger partial charge in [0.05, 0.1) is 24.9 Å². The minimum atomic E-state index is -0.784. The highest BCUT2D eigenvalue weighted by Gasteiger charge is 2.54. The molecule has 0 unspecified atom stereocenters. The van der Waals surface area contributed by atoms with Gasteiger partial charge in [-0.1, -0.05) is 117 Å². The van der Waals surface area contributed by atoms with Crippen molar-refractivity contribution in [3.8, 4) is 0 Å². The Labute approximate surface area is 245 Å². The summed E-state index contributed by atoms with van der Waals surface area (Å²) >= 11 is 0. The Morgan fingerprint density at radius 1 is 0.878 bits per heavy atom. The highest BCUT2D eigenvalue weighted by molar-refractivity contribution is 5.89. The molecule has 2 fully saturated rings. The van der Waals surface area contributed by atoms with Gasteiger partial charge in [-0.15, -0.1) is 0 Å². The van der Waals surface area contributed by atoms with Crippen molar-refractivity contribution in [3.05, 3.63) is 120 Å². The van der Waals surface area contributed by atoms with Gasteiger partial charge in [0.1, 0.15) is 5.60 Å². The van der Waals surface area contributed by atoms with Crippen LogP contribution in [0.15, 0.2) is 103 Å². The second-order valence-corrected chi connectivity index (χ2v) is 11.7. The maximum absolute atomic E-state index is 12.3. The molecule has 3 aromatic rings. The Balaban J connectivity index is 1.24. The van der Waals surface area contributed by atoms with Crippen molar-refractivity contribution in [2.75, 3.05) is 13.2 Å². The average Bonchev–Trinajstić information content (AvgIpc) is 3.50. The van der Waals surface area contributed by atoms with E-state index in [0.29, 0.717) is 26.1 Å². The van der Waals surface area contributed by atoms with Crippen LogP contribution in [0.25, 0.3) is 0 Å². The number of rotatable bonds is 14. The quantitative estimate of drug-likeness (QED) is 0.127. The number of aliphatic hydroxyl groups is 1. The summed E-state index contributed by atoms with van der Waals surface area (Å²) in [5.74, 6) is 0.414. The third kappa shape index (κ3) is 6.56. The number of hydrogen-bond donors (Lipinski definition) is 1. The van der Waals surface area contributed by atoms with E-state index in [1.807, 2.05) is 24.3 Å². The molecule has 2 aliphatic carbocycles. The summed E-state index contributed by atoms with van der Waals surface area (Å²) in [7, 11) is 0. The molecule has 216 valence electrons. The number of fused-ring (bicyclic) bond motifs is 1. The second kappa shape index (κ2) is 13.7. The van der Waals surface area contributed by atoms with Crippen LogP contribution >= 0.6 is 0 Å². The van der Waals surface area contributed by atoms with Gasteiger partial charge in [-0.2, -0.15) is 0 Å². The van der Waals surface area contributed by atoms with Crippen LogP contribution in [-0.2, 0) is 19.9 Å². The molecule has 0 radical (unpaired) electrons. The first kappa shape index (κ1) is 29.4. The van der Waals surface area contributed by atoms with Crippen LogP contribution in [-0.4, -0.2) is 35.8 Å². The topological polar surface area (TPSA) is 55.8 Å². The summed E-state index contributed by atoms with van der Waals surface area (Å²) < 4.78 is 13.2. The Kier molecular flexibility index (Phi) is 9.87. The molecule has 1 N–H and O–H groups in total. The van der Waals surface area contributed by atoms with Gasteiger partial charge in [0.15, 0.2) is 5.78 Å². The highest BCUT2D eigenvalue weighted by atomic mass is 16.5. The number of hydrogen-bond acceptors (Lipinski definition) is 4. The third-order valence-electron chi connectivity index (χ3n) is 9.11. The van der Waals surface area contributed by atoms with Gasteiger partial charge < -0.3 is 14.6 Å². The molecule has 4 heteroatoms. The van der Waals surface area contributed by atoms with Crippen LogP contribution in [0.2, 0.25) is 0 Å². The van der Waals surface area contributed by atoms with Crippen molar-refractivity contribution in [2.24, 2.45) is 11.8 Å². The fourth-order valence-corrected chi connectivity index (χ4v) is 7.01. The number of benzene rings is 3. The number of carbonyl (C=O) groups excluding carboxylic acids is 1. The van der Waals surface area contributed by atoms with E-state index < -0.39 is 11.2 Å². The van der Waals surface area contributed by atoms with E-state index in [1.54, 1.807) is 6.08 Å². The first-order valence-corrected chi connectivity index (χ1v) is 15.4. The zero-order chi connectivity index (χ0) is 28.5. The van der Waals surface area contributed by atoms with E-state index in [2.05, 4.69) is 79.7 Å². The molecular weight excluding hydrogens is 508 g/mol. The van der Waals surface area contributed by atoms with Gasteiger partial charge in [-0.25, -0.2) is 0 Å². The molecule has 0 bridgehead atoms. The summed E-state index contributed by atoms with van der Waals surface area (Å²) in [5, 5.41) is 11.6. The van der Waals surface area contributed by atoms with E-state index in [1.165, 1.54) is 0 Å². The standard InChI is InChI=1S/C37H44O4/c1-2-3-7-20-34(38)24-23-29-21-22-33-27-35(28-36(29,33)39)40-25-26-41-37(30-14-8-4-9-15-30,31-16-10-5-11-17-31)32-18-12-6-13-19-32/h4-6,8-19,23-24,29,33,35,39H,2-3,7,20-22,25-28H2,1H3/t29-,33-,35+,36-/m1/s1. The summed E-state index contributed by atoms with van der Waals surface area (Å²) in [4.78, 5) is 12.3.